The van der Waals surface area contributed by atoms with Crippen molar-refractivity contribution in [2.75, 3.05) is 32.3 Å². The topological polar surface area (TPSA) is 44.5 Å². The van der Waals surface area contributed by atoms with Crippen LogP contribution in [0.2, 0.25) is 6.04 Å². The van der Waals surface area contributed by atoms with Crippen molar-refractivity contribution in [2.45, 2.75) is 12.0 Å². The standard InChI is InChI=1S/C7H19NO2SSi/c1-9-7(10-2)12-6-5-11-4-3-8/h7H,3-6,8,12H2,1-2H3. The Morgan fingerprint density at radius 2 is 2.00 bits per heavy atom. The lowest BCUT2D eigenvalue weighted by Crippen LogP contribution is -2.21. The van der Waals surface area contributed by atoms with Crippen LogP contribution in [0.1, 0.15) is 0 Å². The van der Waals surface area contributed by atoms with Crippen molar-refractivity contribution in [3.63, 3.8) is 0 Å². The van der Waals surface area contributed by atoms with E-state index in [0.717, 1.165) is 12.3 Å². The summed E-state index contributed by atoms with van der Waals surface area (Å²) in [6.45, 7) is 0.782. The van der Waals surface area contributed by atoms with Crippen molar-refractivity contribution < 1.29 is 9.47 Å². The molecule has 74 valence electrons. The van der Waals surface area contributed by atoms with Crippen LogP contribution in [-0.2, 0) is 9.47 Å². The Hall–Kier alpha value is 0.447. The summed E-state index contributed by atoms with van der Waals surface area (Å²) in [5.41, 5.74) is 5.36. The van der Waals surface area contributed by atoms with Crippen LogP contribution in [-0.4, -0.2) is 47.7 Å². The molecule has 12 heavy (non-hydrogen) atoms. The number of hydrogen-bond acceptors (Lipinski definition) is 4. The predicted molar refractivity (Wildman–Crippen MR) is 57.5 cm³/mol. The van der Waals surface area contributed by atoms with Gasteiger partial charge in [0, 0.05) is 26.5 Å². The van der Waals surface area contributed by atoms with Crippen molar-refractivity contribution in [3.8, 4) is 0 Å². The molecule has 0 aromatic carbocycles. The quantitative estimate of drug-likeness (QED) is 0.343. The Balaban J connectivity index is 3.06. The molecule has 0 spiro atoms. The summed E-state index contributed by atoms with van der Waals surface area (Å²) in [6, 6.07) is 1.26. The van der Waals surface area contributed by atoms with E-state index < -0.39 is 0 Å². The third-order valence-corrected chi connectivity index (χ3v) is 5.03. The molecule has 0 aliphatic rings. The fourth-order valence-corrected chi connectivity index (χ4v) is 3.53. The van der Waals surface area contributed by atoms with Gasteiger partial charge in [-0.25, -0.2) is 0 Å². The number of nitrogens with two attached hydrogens (primary N) is 1. The SMILES string of the molecule is COC(OC)[SiH2]CCSCCN. The minimum absolute atomic E-state index is 0.100. The summed E-state index contributed by atoms with van der Waals surface area (Å²) >= 11 is 1.91. The molecule has 0 aromatic heterocycles. The monoisotopic (exact) mass is 209 g/mol. The molecular formula is C7H19NO2SSi. The van der Waals surface area contributed by atoms with Crippen LogP contribution in [0, 0.1) is 0 Å². The molecule has 0 bridgehead atoms. The van der Waals surface area contributed by atoms with Crippen LogP contribution in [0.3, 0.4) is 0 Å². The van der Waals surface area contributed by atoms with Gasteiger partial charge in [-0.15, -0.1) is 0 Å². The lowest BCUT2D eigenvalue weighted by atomic mass is 10.8. The molecule has 3 nitrogen and oxygen atoms in total. The molecule has 0 saturated carbocycles. The molecular weight excluding hydrogens is 190 g/mol. The Kier molecular flexibility index (Phi) is 9.89. The minimum Gasteiger partial charge on any atom is -0.360 e. The molecule has 0 unspecified atom stereocenters. The Labute approximate surface area is 81.2 Å². The molecule has 0 rings (SSSR count). The lowest BCUT2D eigenvalue weighted by molar-refractivity contribution is -0.0439. The molecule has 0 aliphatic carbocycles. The van der Waals surface area contributed by atoms with Crippen LogP contribution in [0.5, 0.6) is 0 Å². The average molecular weight is 209 g/mol. The normalized spacial score (nSPS) is 12.0. The second kappa shape index (κ2) is 9.53. The van der Waals surface area contributed by atoms with E-state index >= 15 is 0 Å². The van der Waals surface area contributed by atoms with E-state index in [-0.39, 0.29) is 15.4 Å². The van der Waals surface area contributed by atoms with Gasteiger partial charge in [0.05, 0.1) is 9.52 Å². The molecule has 0 aromatic rings. The summed E-state index contributed by atoms with van der Waals surface area (Å²) < 4.78 is 10.2. The van der Waals surface area contributed by atoms with Gasteiger partial charge in [-0.2, -0.15) is 11.8 Å². The molecule has 2 N–H and O–H groups in total. The number of thioether (sulfide) groups is 1. The highest BCUT2D eigenvalue weighted by Crippen LogP contribution is 2.02. The Morgan fingerprint density at radius 3 is 2.50 bits per heavy atom. The Bertz CT molecular complexity index is 93.5. The molecule has 0 saturated heterocycles. The van der Waals surface area contributed by atoms with Gasteiger partial charge >= 0.3 is 0 Å². The van der Waals surface area contributed by atoms with E-state index in [1.807, 2.05) is 11.8 Å². The highest BCUT2D eigenvalue weighted by Gasteiger charge is 2.04. The maximum atomic E-state index is 5.36. The molecule has 0 heterocycles. The van der Waals surface area contributed by atoms with E-state index in [4.69, 9.17) is 15.2 Å². The molecule has 0 aliphatic heterocycles. The first-order chi connectivity index (χ1) is 5.85. The largest absolute Gasteiger partial charge is 0.360 e. The van der Waals surface area contributed by atoms with Gasteiger partial charge in [0.1, 0.15) is 5.91 Å². The van der Waals surface area contributed by atoms with Gasteiger partial charge in [-0.3, -0.25) is 0 Å². The highest BCUT2D eigenvalue weighted by molar-refractivity contribution is 7.99. The summed E-state index contributed by atoms with van der Waals surface area (Å²) in [5, 5.41) is 0. The van der Waals surface area contributed by atoms with E-state index in [0.29, 0.717) is 0 Å². The zero-order chi connectivity index (χ0) is 9.23. The maximum Gasteiger partial charge on any atom is 0.134 e. The van der Waals surface area contributed by atoms with Crippen molar-refractivity contribution in [2.24, 2.45) is 5.73 Å². The fraction of sp³-hybridized carbons (Fsp3) is 1.00. The number of hydrogen-bond donors (Lipinski definition) is 1. The molecule has 0 radical (unpaired) electrons. The van der Waals surface area contributed by atoms with Crippen LogP contribution >= 0.6 is 11.8 Å². The Morgan fingerprint density at radius 1 is 1.33 bits per heavy atom. The predicted octanol–water partition coefficient (Wildman–Crippen LogP) is -0.158. The summed E-state index contributed by atoms with van der Waals surface area (Å²) in [5.74, 6) is 2.37. The maximum absolute atomic E-state index is 5.36. The van der Waals surface area contributed by atoms with Crippen LogP contribution in [0.4, 0.5) is 0 Å². The van der Waals surface area contributed by atoms with E-state index in [1.165, 1.54) is 11.8 Å². The highest BCUT2D eigenvalue weighted by atomic mass is 32.2. The van der Waals surface area contributed by atoms with Gasteiger partial charge in [0.15, 0.2) is 0 Å². The third-order valence-electron chi connectivity index (χ3n) is 1.52. The first-order valence-electron chi connectivity index (χ1n) is 4.18. The fourth-order valence-electron chi connectivity index (χ4n) is 0.869. The number of methoxy groups -OCH3 is 2. The molecule has 0 atom stereocenters. The van der Waals surface area contributed by atoms with Crippen molar-refractivity contribution in [1.29, 1.82) is 0 Å². The third kappa shape index (κ3) is 7.12. The zero-order valence-corrected chi connectivity index (χ0v) is 10.1. The molecule has 5 heteroatoms. The van der Waals surface area contributed by atoms with E-state index in [2.05, 4.69) is 0 Å². The first-order valence-corrected chi connectivity index (χ1v) is 7.15. The number of ether oxygens (including phenoxy) is 2. The van der Waals surface area contributed by atoms with E-state index in [1.54, 1.807) is 14.2 Å². The smallest absolute Gasteiger partial charge is 0.134 e. The molecule has 0 fully saturated rings. The summed E-state index contributed by atoms with van der Waals surface area (Å²) in [7, 11) is 3.20. The van der Waals surface area contributed by atoms with Gasteiger partial charge in [-0.1, -0.05) is 0 Å². The van der Waals surface area contributed by atoms with Gasteiger partial charge < -0.3 is 15.2 Å². The summed E-state index contributed by atoms with van der Waals surface area (Å²) in [4.78, 5) is 0. The van der Waals surface area contributed by atoms with Crippen LogP contribution in [0.25, 0.3) is 0 Å². The van der Waals surface area contributed by atoms with Crippen LogP contribution in [0.15, 0.2) is 0 Å². The van der Waals surface area contributed by atoms with Gasteiger partial charge in [0.2, 0.25) is 0 Å². The molecule has 0 amide bonds. The van der Waals surface area contributed by atoms with Crippen LogP contribution < -0.4 is 5.73 Å². The van der Waals surface area contributed by atoms with Gasteiger partial charge in [0.25, 0.3) is 0 Å². The van der Waals surface area contributed by atoms with Crippen molar-refractivity contribution >= 4 is 21.3 Å². The average Bonchev–Trinajstić information content (AvgIpc) is 2.11. The second-order valence-electron chi connectivity index (χ2n) is 2.44. The van der Waals surface area contributed by atoms with Gasteiger partial charge in [-0.05, 0) is 11.8 Å². The van der Waals surface area contributed by atoms with Crippen molar-refractivity contribution in [3.05, 3.63) is 0 Å². The zero-order valence-electron chi connectivity index (χ0n) is 7.91. The second-order valence-corrected chi connectivity index (χ2v) is 5.62. The van der Waals surface area contributed by atoms with E-state index in [9.17, 15) is 0 Å². The number of rotatable bonds is 8. The minimum atomic E-state index is -0.209. The summed E-state index contributed by atoms with van der Waals surface area (Å²) in [6.07, 6.45) is 0. The lowest BCUT2D eigenvalue weighted by Gasteiger charge is -2.11. The van der Waals surface area contributed by atoms with Crippen molar-refractivity contribution in [1.82, 2.24) is 0 Å². The first kappa shape index (κ1) is 12.4.